The molecule has 0 atom stereocenters. The average Bonchev–Trinajstić information content (AvgIpc) is 2.30. The molecule has 0 aliphatic rings. The molecule has 2 nitrogen and oxygen atoms in total. The van der Waals surface area contributed by atoms with E-state index in [-0.39, 0.29) is 0 Å². The third kappa shape index (κ3) is 1.88. The third-order valence-electron chi connectivity index (χ3n) is 2.36. The molecule has 0 saturated heterocycles. The highest BCUT2D eigenvalue weighted by molar-refractivity contribution is 7.80. The van der Waals surface area contributed by atoms with E-state index in [4.69, 9.17) is 11.0 Å². The molecule has 16 heavy (non-hydrogen) atoms. The first-order chi connectivity index (χ1) is 7.72. The Bertz CT molecular complexity index is 570. The van der Waals surface area contributed by atoms with E-state index >= 15 is 0 Å². The van der Waals surface area contributed by atoms with Crippen LogP contribution in [0.4, 0.5) is 5.69 Å². The zero-order valence-electron chi connectivity index (χ0n) is 8.51. The van der Waals surface area contributed by atoms with Gasteiger partial charge in [-0.3, -0.25) is 0 Å². The number of benzene rings is 2. The first-order valence-electron chi connectivity index (χ1n) is 4.80. The van der Waals surface area contributed by atoms with Crippen molar-refractivity contribution in [2.75, 3.05) is 5.73 Å². The topological polar surface area (TPSA) is 49.8 Å². The van der Waals surface area contributed by atoms with Gasteiger partial charge in [-0.1, -0.05) is 24.3 Å². The molecule has 2 aromatic rings. The summed E-state index contributed by atoms with van der Waals surface area (Å²) in [6.45, 7) is 0. The van der Waals surface area contributed by atoms with Crippen LogP contribution in [0.5, 0.6) is 0 Å². The summed E-state index contributed by atoms with van der Waals surface area (Å²) in [4.78, 5) is 0.851. The lowest BCUT2D eigenvalue weighted by molar-refractivity contribution is 1.43. The van der Waals surface area contributed by atoms with Crippen molar-refractivity contribution in [2.24, 2.45) is 0 Å². The molecular weight excluding hydrogens is 216 g/mol. The van der Waals surface area contributed by atoms with Gasteiger partial charge in [0.25, 0.3) is 0 Å². The number of rotatable bonds is 1. The van der Waals surface area contributed by atoms with Gasteiger partial charge in [0.1, 0.15) is 0 Å². The standard InChI is InChI=1S/C13H10N2S/c14-8-9-7-10(15)5-6-11(9)12-3-1-2-4-13(12)16/h1-7,16H,15H2. The summed E-state index contributed by atoms with van der Waals surface area (Å²) in [7, 11) is 0. The Hall–Kier alpha value is -1.92. The molecule has 0 unspecified atom stereocenters. The predicted octanol–water partition coefficient (Wildman–Crippen LogP) is 3.10. The van der Waals surface area contributed by atoms with Crippen molar-refractivity contribution in [3.63, 3.8) is 0 Å². The minimum absolute atomic E-state index is 0.571. The molecule has 0 saturated carbocycles. The number of thiol groups is 1. The molecule has 0 fully saturated rings. The molecule has 78 valence electrons. The van der Waals surface area contributed by atoms with Crippen molar-refractivity contribution in [1.82, 2.24) is 0 Å². The summed E-state index contributed by atoms with van der Waals surface area (Å²) < 4.78 is 0. The maximum absolute atomic E-state index is 9.06. The van der Waals surface area contributed by atoms with E-state index in [1.54, 1.807) is 12.1 Å². The molecule has 0 radical (unpaired) electrons. The van der Waals surface area contributed by atoms with Gasteiger partial charge < -0.3 is 5.73 Å². The lowest BCUT2D eigenvalue weighted by Crippen LogP contribution is -1.90. The zero-order chi connectivity index (χ0) is 11.5. The number of anilines is 1. The molecule has 3 heteroatoms. The SMILES string of the molecule is N#Cc1cc(N)ccc1-c1ccccc1S. The van der Waals surface area contributed by atoms with Crippen LogP contribution in [0.3, 0.4) is 0 Å². The van der Waals surface area contributed by atoms with Crippen molar-refractivity contribution in [3.8, 4) is 17.2 Å². The van der Waals surface area contributed by atoms with Crippen molar-refractivity contribution in [2.45, 2.75) is 4.90 Å². The van der Waals surface area contributed by atoms with Gasteiger partial charge in [-0.15, -0.1) is 12.6 Å². The first kappa shape index (κ1) is 10.6. The summed E-state index contributed by atoms with van der Waals surface area (Å²) in [6, 6.07) is 15.1. The van der Waals surface area contributed by atoms with E-state index in [0.29, 0.717) is 11.3 Å². The van der Waals surface area contributed by atoms with E-state index < -0.39 is 0 Å². The lowest BCUT2D eigenvalue weighted by atomic mass is 10.00. The van der Waals surface area contributed by atoms with Crippen LogP contribution in [-0.2, 0) is 0 Å². The third-order valence-corrected chi connectivity index (χ3v) is 2.75. The van der Waals surface area contributed by atoms with Crippen LogP contribution in [-0.4, -0.2) is 0 Å². The molecule has 0 spiro atoms. The van der Waals surface area contributed by atoms with Gasteiger partial charge in [0.2, 0.25) is 0 Å². The molecule has 0 aliphatic carbocycles. The largest absolute Gasteiger partial charge is 0.399 e. The molecule has 0 aliphatic heterocycles. The van der Waals surface area contributed by atoms with Crippen LogP contribution in [0, 0.1) is 11.3 Å². The van der Waals surface area contributed by atoms with Gasteiger partial charge in [0.05, 0.1) is 11.6 Å². The maximum atomic E-state index is 9.06. The number of nitrogen functional groups attached to an aromatic ring is 1. The fourth-order valence-corrected chi connectivity index (χ4v) is 1.87. The first-order valence-corrected chi connectivity index (χ1v) is 5.25. The fourth-order valence-electron chi connectivity index (χ4n) is 1.59. The van der Waals surface area contributed by atoms with Crippen molar-refractivity contribution < 1.29 is 0 Å². The van der Waals surface area contributed by atoms with Gasteiger partial charge >= 0.3 is 0 Å². The van der Waals surface area contributed by atoms with Crippen LogP contribution in [0.1, 0.15) is 5.56 Å². The molecule has 0 heterocycles. The Morgan fingerprint density at radius 3 is 2.50 bits per heavy atom. The number of nitrogens with zero attached hydrogens (tertiary/aromatic N) is 1. The molecule has 2 N–H and O–H groups in total. The van der Waals surface area contributed by atoms with Crippen LogP contribution in [0.25, 0.3) is 11.1 Å². The highest BCUT2D eigenvalue weighted by Crippen LogP contribution is 2.29. The van der Waals surface area contributed by atoms with E-state index in [2.05, 4.69) is 18.7 Å². The molecule has 0 aromatic heterocycles. The van der Waals surface area contributed by atoms with Crippen LogP contribution in [0.15, 0.2) is 47.4 Å². The van der Waals surface area contributed by atoms with Crippen LogP contribution < -0.4 is 5.73 Å². The summed E-state index contributed by atoms with van der Waals surface area (Å²) in [5.74, 6) is 0. The highest BCUT2D eigenvalue weighted by Gasteiger charge is 2.07. The lowest BCUT2D eigenvalue weighted by Gasteiger charge is -2.07. The second-order valence-corrected chi connectivity index (χ2v) is 3.92. The number of hydrogen-bond donors (Lipinski definition) is 2. The molecule has 0 amide bonds. The van der Waals surface area contributed by atoms with Gasteiger partial charge in [-0.2, -0.15) is 5.26 Å². The average molecular weight is 226 g/mol. The minimum atomic E-state index is 0.571. The number of nitriles is 1. The Morgan fingerprint density at radius 1 is 1.06 bits per heavy atom. The fraction of sp³-hybridized carbons (Fsp3) is 0. The van der Waals surface area contributed by atoms with Crippen molar-refractivity contribution in [3.05, 3.63) is 48.0 Å². The van der Waals surface area contributed by atoms with Gasteiger partial charge in [-0.05, 0) is 23.8 Å². The Morgan fingerprint density at radius 2 is 1.81 bits per heavy atom. The summed E-state index contributed by atoms with van der Waals surface area (Å²) in [5.41, 5.74) is 8.62. The summed E-state index contributed by atoms with van der Waals surface area (Å²) in [6.07, 6.45) is 0. The van der Waals surface area contributed by atoms with E-state index in [1.165, 1.54) is 0 Å². The second kappa shape index (κ2) is 4.30. The van der Waals surface area contributed by atoms with Gasteiger partial charge in [0, 0.05) is 16.1 Å². The quantitative estimate of drug-likeness (QED) is 0.580. The Balaban J connectivity index is 2.66. The van der Waals surface area contributed by atoms with Crippen LogP contribution >= 0.6 is 12.6 Å². The number of nitrogens with two attached hydrogens (primary N) is 1. The monoisotopic (exact) mass is 226 g/mol. The minimum Gasteiger partial charge on any atom is -0.399 e. The Labute approximate surface area is 99.7 Å². The van der Waals surface area contributed by atoms with Gasteiger partial charge in [0.15, 0.2) is 0 Å². The normalized spacial score (nSPS) is 9.75. The van der Waals surface area contributed by atoms with Gasteiger partial charge in [-0.25, -0.2) is 0 Å². The second-order valence-electron chi connectivity index (χ2n) is 3.43. The van der Waals surface area contributed by atoms with Crippen molar-refractivity contribution in [1.29, 1.82) is 5.26 Å². The maximum Gasteiger partial charge on any atom is 0.0998 e. The number of hydrogen-bond acceptors (Lipinski definition) is 3. The highest BCUT2D eigenvalue weighted by atomic mass is 32.1. The smallest absolute Gasteiger partial charge is 0.0998 e. The molecular formula is C13H10N2S. The summed E-state index contributed by atoms with van der Waals surface area (Å²) in [5, 5.41) is 9.06. The molecule has 2 aromatic carbocycles. The zero-order valence-corrected chi connectivity index (χ0v) is 9.41. The molecule has 0 bridgehead atoms. The van der Waals surface area contributed by atoms with Crippen molar-refractivity contribution >= 4 is 18.3 Å². The Kier molecular flexibility index (Phi) is 2.84. The van der Waals surface area contributed by atoms with E-state index in [9.17, 15) is 0 Å². The van der Waals surface area contributed by atoms with Crippen LogP contribution in [0.2, 0.25) is 0 Å². The van der Waals surface area contributed by atoms with E-state index in [1.807, 2.05) is 30.3 Å². The van der Waals surface area contributed by atoms with E-state index in [0.717, 1.165) is 16.0 Å². The summed E-state index contributed by atoms with van der Waals surface area (Å²) >= 11 is 4.38. The predicted molar refractivity (Wildman–Crippen MR) is 68.3 cm³/mol. The molecule has 2 rings (SSSR count).